The van der Waals surface area contributed by atoms with E-state index in [9.17, 15) is 4.79 Å². The van der Waals surface area contributed by atoms with E-state index < -0.39 is 6.09 Å². The zero-order chi connectivity index (χ0) is 17.5. The number of nitrogens with zero attached hydrogens (tertiary/aromatic N) is 2. The minimum atomic E-state index is -0.732. The van der Waals surface area contributed by atoms with E-state index in [2.05, 4.69) is 20.4 Å². The number of oxime groups is 1. The lowest BCUT2D eigenvalue weighted by Crippen LogP contribution is -2.26. The summed E-state index contributed by atoms with van der Waals surface area (Å²) < 4.78 is 4.42. The molecule has 0 saturated heterocycles. The molecule has 1 heterocycles. The van der Waals surface area contributed by atoms with Crippen molar-refractivity contribution in [3.63, 3.8) is 0 Å². The van der Waals surface area contributed by atoms with Gasteiger partial charge in [0.05, 0.1) is 17.8 Å². The minimum Gasteiger partial charge on any atom is -0.451 e. The topological polar surface area (TPSA) is 82.0 Å². The van der Waals surface area contributed by atoms with Crippen LogP contribution in [-0.2, 0) is 16.2 Å². The average Bonchev–Trinajstić information content (AvgIpc) is 2.98. The van der Waals surface area contributed by atoms with Crippen molar-refractivity contribution in [2.24, 2.45) is 5.16 Å². The number of thiazole rings is 1. The van der Waals surface area contributed by atoms with Gasteiger partial charge in [-0.25, -0.2) is 9.78 Å². The van der Waals surface area contributed by atoms with Crippen LogP contribution in [0.4, 0.5) is 4.79 Å². The molecule has 0 saturated carbocycles. The lowest BCUT2D eigenvalue weighted by atomic mass is 10.1. The Bertz CT molecular complexity index is 748. The van der Waals surface area contributed by atoms with E-state index in [-0.39, 0.29) is 5.75 Å². The minimum absolute atomic E-state index is 0.268. The molecule has 1 aromatic heterocycles. The molecule has 2 rings (SSSR count). The van der Waals surface area contributed by atoms with Gasteiger partial charge >= 0.3 is 6.09 Å². The highest BCUT2D eigenvalue weighted by Gasteiger charge is 2.08. The van der Waals surface area contributed by atoms with Crippen LogP contribution in [0, 0.1) is 6.92 Å². The summed E-state index contributed by atoms with van der Waals surface area (Å²) in [6, 6.07) is 5.03. The number of aryl methyl sites for hydroxylation is 1. The fraction of sp³-hybridized carbons (Fsp3) is 0.267. The fourth-order valence-corrected chi connectivity index (χ4v) is 2.48. The lowest BCUT2D eigenvalue weighted by molar-refractivity contribution is 0.118. The molecule has 1 N–H and O–H groups in total. The monoisotopic (exact) mass is 369 g/mol. The number of hydrogen-bond donors (Lipinski definition) is 1. The Hall–Kier alpha value is -2.32. The molecule has 9 heteroatoms. The summed E-state index contributed by atoms with van der Waals surface area (Å²) in [7, 11) is 1.23. The Kier molecular flexibility index (Phi) is 6.39. The maximum Gasteiger partial charge on any atom is 0.440 e. The largest absolute Gasteiger partial charge is 0.451 e. The molecule has 0 aliphatic rings. The van der Waals surface area contributed by atoms with Crippen molar-refractivity contribution in [2.45, 2.75) is 20.5 Å². The Labute approximate surface area is 148 Å². The van der Waals surface area contributed by atoms with Gasteiger partial charge in [0.15, 0.2) is 12.4 Å². The number of ether oxygens (including phenoxy) is 1. The molecule has 1 amide bonds. The first kappa shape index (κ1) is 18.0. The van der Waals surface area contributed by atoms with E-state index in [4.69, 9.17) is 21.3 Å². The van der Waals surface area contributed by atoms with Crippen molar-refractivity contribution < 1.29 is 19.2 Å². The molecular weight excluding hydrogens is 354 g/mol. The van der Waals surface area contributed by atoms with Gasteiger partial charge < -0.3 is 14.4 Å². The van der Waals surface area contributed by atoms with Gasteiger partial charge in [-0.2, -0.15) is 5.48 Å². The van der Waals surface area contributed by atoms with Crippen LogP contribution in [0.25, 0.3) is 0 Å². The van der Waals surface area contributed by atoms with Gasteiger partial charge in [-0.3, -0.25) is 0 Å². The predicted molar refractivity (Wildman–Crippen MR) is 91.5 cm³/mol. The average molecular weight is 370 g/mol. The van der Waals surface area contributed by atoms with Crippen LogP contribution in [0.15, 0.2) is 28.7 Å². The van der Waals surface area contributed by atoms with Crippen molar-refractivity contribution in [1.82, 2.24) is 10.5 Å². The zero-order valence-corrected chi connectivity index (χ0v) is 14.9. The van der Waals surface area contributed by atoms with Gasteiger partial charge in [-0.15, -0.1) is 11.3 Å². The number of amides is 1. The van der Waals surface area contributed by atoms with E-state index >= 15 is 0 Å². The summed E-state index contributed by atoms with van der Waals surface area (Å²) in [5, 5.41) is 7.19. The van der Waals surface area contributed by atoms with Crippen LogP contribution in [0.3, 0.4) is 0 Å². The van der Waals surface area contributed by atoms with Crippen molar-refractivity contribution in [2.75, 3.05) is 7.11 Å². The maximum absolute atomic E-state index is 11.0. The van der Waals surface area contributed by atoms with Gasteiger partial charge in [0.1, 0.15) is 5.01 Å². The Morgan fingerprint density at radius 1 is 1.46 bits per heavy atom. The lowest BCUT2D eigenvalue weighted by Gasteiger charge is -2.09. The molecule has 7 nitrogen and oxygen atoms in total. The van der Waals surface area contributed by atoms with E-state index in [0.29, 0.717) is 17.3 Å². The molecule has 0 unspecified atom stereocenters. The Morgan fingerprint density at radius 3 is 2.92 bits per heavy atom. The summed E-state index contributed by atoms with van der Waals surface area (Å²) in [5.41, 5.74) is 4.41. The second-order valence-electron chi connectivity index (χ2n) is 4.67. The van der Waals surface area contributed by atoms with Crippen molar-refractivity contribution in [3.05, 3.63) is 44.9 Å². The first-order chi connectivity index (χ1) is 11.5. The Balaban J connectivity index is 2.01. The van der Waals surface area contributed by atoms with Crippen LogP contribution in [-0.4, -0.2) is 23.9 Å². The third kappa shape index (κ3) is 5.10. The van der Waals surface area contributed by atoms with Gasteiger partial charge in [0.2, 0.25) is 0 Å². The molecule has 0 fully saturated rings. The van der Waals surface area contributed by atoms with E-state index in [1.165, 1.54) is 18.4 Å². The molecule has 0 radical (unpaired) electrons. The summed E-state index contributed by atoms with van der Waals surface area (Å²) in [4.78, 5) is 25.7. The summed E-state index contributed by atoms with van der Waals surface area (Å²) in [6.07, 6.45) is -0.732. The van der Waals surface area contributed by atoms with Gasteiger partial charge in [-0.05, 0) is 26.0 Å². The molecule has 0 atom stereocenters. The number of hydrogen-bond acceptors (Lipinski definition) is 7. The van der Waals surface area contributed by atoms with Crippen LogP contribution in [0.1, 0.15) is 23.2 Å². The quantitative estimate of drug-likeness (QED) is 0.620. The Morgan fingerprint density at radius 2 is 2.25 bits per heavy atom. The fourth-order valence-electron chi connectivity index (χ4n) is 1.65. The molecule has 24 heavy (non-hydrogen) atoms. The molecule has 0 aliphatic carbocycles. The highest BCUT2D eigenvalue weighted by Crippen LogP contribution is 2.25. The van der Waals surface area contributed by atoms with Crippen molar-refractivity contribution >= 4 is 34.7 Å². The third-order valence-electron chi connectivity index (χ3n) is 2.83. The number of carbonyl (C=O) groups excluding carboxylic acids is 1. The molecule has 0 bridgehead atoms. The number of carbonyl (C=O) groups is 1. The second kappa shape index (κ2) is 8.51. The summed E-state index contributed by atoms with van der Waals surface area (Å²) in [6.45, 7) is 4.01. The second-order valence-corrected chi connectivity index (χ2v) is 6.02. The first-order valence-corrected chi connectivity index (χ1v) is 8.13. The van der Waals surface area contributed by atoms with Crippen LogP contribution >= 0.6 is 22.9 Å². The number of rotatable bonds is 6. The normalized spacial score (nSPS) is 11.1. The maximum atomic E-state index is 11.0. The van der Waals surface area contributed by atoms with Gasteiger partial charge in [-0.1, -0.05) is 22.8 Å². The number of nitrogens with one attached hydrogen (secondary N) is 1. The number of methoxy groups -OCH3 is 1. The SMILES string of the molecule is COC(=O)NOc1cc(/C(C)=N/OCc2nc(C)cs2)ccc1Cl. The molecular formula is C15H16ClN3O4S. The molecule has 1 aromatic carbocycles. The molecule has 0 spiro atoms. The molecule has 128 valence electrons. The zero-order valence-electron chi connectivity index (χ0n) is 13.3. The van der Waals surface area contributed by atoms with Crippen molar-refractivity contribution in [1.29, 1.82) is 0 Å². The van der Waals surface area contributed by atoms with Crippen molar-refractivity contribution in [3.8, 4) is 5.75 Å². The van der Waals surface area contributed by atoms with E-state index in [1.807, 2.05) is 12.3 Å². The smallest absolute Gasteiger partial charge is 0.440 e. The molecule has 0 aliphatic heterocycles. The number of aromatic nitrogens is 1. The number of halogens is 1. The van der Waals surface area contributed by atoms with E-state index in [1.54, 1.807) is 25.1 Å². The highest BCUT2D eigenvalue weighted by molar-refractivity contribution is 7.09. The molecule has 2 aromatic rings. The van der Waals surface area contributed by atoms with E-state index in [0.717, 1.165) is 16.3 Å². The first-order valence-electron chi connectivity index (χ1n) is 6.88. The number of benzene rings is 1. The third-order valence-corrected chi connectivity index (χ3v) is 4.09. The predicted octanol–water partition coefficient (Wildman–Crippen LogP) is 3.70. The van der Waals surface area contributed by atoms with Gasteiger partial charge in [0, 0.05) is 16.6 Å². The summed E-state index contributed by atoms with van der Waals surface area (Å²) >= 11 is 7.54. The van der Waals surface area contributed by atoms with Crippen LogP contribution in [0.5, 0.6) is 5.75 Å². The number of hydroxylamine groups is 1. The standard InChI is InChI=1S/C15H16ClN3O4S/c1-9-8-24-14(17-9)7-22-18-10(2)11-4-5-12(16)13(6-11)23-19-15(20)21-3/h4-6,8H,7H2,1-3H3,(H,19,20)/b18-10+. The van der Waals surface area contributed by atoms with Crippen LogP contribution in [0.2, 0.25) is 5.02 Å². The highest BCUT2D eigenvalue weighted by atomic mass is 35.5. The summed E-state index contributed by atoms with van der Waals surface area (Å²) in [5.74, 6) is 0.268. The van der Waals surface area contributed by atoms with Gasteiger partial charge in [0.25, 0.3) is 0 Å². The van der Waals surface area contributed by atoms with Crippen LogP contribution < -0.4 is 10.3 Å².